The number of hydrogen-bond donors (Lipinski definition) is 1. The van der Waals surface area contributed by atoms with Crippen molar-refractivity contribution < 1.29 is 4.74 Å². The van der Waals surface area contributed by atoms with E-state index >= 15 is 0 Å². The summed E-state index contributed by atoms with van der Waals surface area (Å²) < 4.78 is 5.74. The fourth-order valence-electron chi connectivity index (χ4n) is 2.29. The van der Waals surface area contributed by atoms with Gasteiger partial charge in [0.05, 0.1) is 6.61 Å². The van der Waals surface area contributed by atoms with Gasteiger partial charge in [-0.2, -0.15) is 0 Å². The summed E-state index contributed by atoms with van der Waals surface area (Å²) in [6, 6.07) is 9.28. The molecule has 0 bridgehead atoms. The highest BCUT2D eigenvalue weighted by Crippen LogP contribution is 2.47. The molecule has 0 radical (unpaired) electrons. The molecule has 1 aliphatic rings. The van der Waals surface area contributed by atoms with E-state index in [4.69, 9.17) is 4.74 Å². The normalized spacial score (nSPS) is 16.9. The molecule has 1 aromatic rings. The van der Waals surface area contributed by atoms with Gasteiger partial charge in [-0.05, 0) is 36.5 Å². The van der Waals surface area contributed by atoms with Crippen LogP contribution < -0.4 is 10.1 Å². The molecule has 0 heterocycles. The van der Waals surface area contributed by atoms with Crippen molar-refractivity contribution >= 4 is 0 Å². The molecule has 0 atom stereocenters. The number of hydrogen-bond acceptors (Lipinski definition) is 2. The van der Waals surface area contributed by atoms with Crippen LogP contribution in [0.15, 0.2) is 24.3 Å². The third-order valence-electron chi connectivity index (χ3n) is 3.75. The Morgan fingerprint density at radius 3 is 2.21 bits per heavy atom. The van der Waals surface area contributed by atoms with Gasteiger partial charge < -0.3 is 10.1 Å². The fourth-order valence-corrected chi connectivity index (χ4v) is 2.29. The van der Waals surface area contributed by atoms with Crippen LogP contribution in [0.4, 0.5) is 0 Å². The van der Waals surface area contributed by atoms with Gasteiger partial charge >= 0.3 is 0 Å². The molecule has 2 heteroatoms. The third kappa shape index (κ3) is 3.97. The molecule has 106 valence electrons. The van der Waals surface area contributed by atoms with Crippen molar-refractivity contribution in [1.82, 2.24) is 5.32 Å². The Hall–Kier alpha value is -1.02. The first-order chi connectivity index (χ1) is 9.02. The average molecular weight is 261 g/mol. The molecule has 0 amide bonds. The topological polar surface area (TPSA) is 21.3 Å². The van der Waals surface area contributed by atoms with Crippen LogP contribution >= 0.6 is 0 Å². The summed E-state index contributed by atoms with van der Waals surface area (Å²) in [6.07, 6.45) is 2.61. The highest BCUT2D eigenvalue weighted by molar-refractivity contribution is 5.36. The van der Waals surface area contributed by atoms with Gasteiger partial charge in [0.2, 0.25) is 0 Å². The smallest absolute Gasteiger partial charge is 0.119 e. The van der Waals surface area contributed by atoms with Gasteiger partial charge in [-0.3, -0.25) is 0 Å². The molecule has 19 heavy (non-hydrogen) atoms. The van der Waals surface area contributed by atoms with Gasteiger partial charge in [-0.25, -0.2) is 0 Å². The number of benzene rings is 1. The SMILES string of the molecule is CC(C)COc1ccc(C2(CNC(C)C)CC2)cc1. The van der Waals surface area contributed by atoms with Crippen molar-refractivity contribution in [3.63, 3.8) is 0 Å². The van der Waals surface area contributed by atoms with E-state index in [1.54, 1.807) is 0 Å². The summed E-state index contributed by atoms with van der Waals surface area (Å²) in [4.78, 5) is 0. The average Bonchev–Trinajstić information content (AvgIpc) is 3.16. The van der Waals surface area contributed by atoms with Crippen LogP contribution in [0, 0.1) is 5.92 Å². The molecule has 0 unspecified atom stereocenters. The second-order valence-electron chi connectivity index (χ2n) is 6.55. The van der Waals surface area contributed by atoms with Gasteiger partial charge in [0.25, 0.3) is 0 Å². The van der Waals surface area contributed by atoms with E-state index < -0.39 is 0 Å². The van der Waals surface area contributed by atoms with Crippen molar-refractivity contribution in [2.45, 2.75) is 52.0 Å². The molecule has 0 aromatic heterocycles. The standard InChI is InChI=1S/C17H27NO/c1-13(2)11-19-16-7-5-15(6-8-16)17(9-10-17)12-18-14(3)4/h5-8,13-14,18H,9-12H2,1-4H3. The van der Waals surface area contributed by atoms with Crippen molar-refractivity contribution in [1.29, 1.82) is 0 Å². The van der Waals surface area contributed by atoms with E-state index in [1.807, 2.05) is 0 Å². The van der Waals surface area contributed by atoms with E-state index in [2.05, 4.69) is 57.3 Å². The highest BCUT2D eigenvalue weighted by atomic mass is 16.5. The van der Waals surface area contributed by atoms with Crippen molar-refractivity contribution in [3.8, 4) is 5.75 Å². The minimum Gasteiger partial charge on any atom is -0.493 e. The van der Waals surface area contributed by atoms with Gasteiger partial charge in [0.15, 0.2) is 0 Å². The van der Waals surface area contributed by atoms with E-state index in [9.17, 15) is 0 Å². The molecule has 1 fully saturated rings. The van der Waals surface area contributed by atoms with Crippen LogP contribution in [0.1, 0.15) is 46.1 Å². The van der Waals surface area contributed by atoms with E-state index in [-0.39, 0.29) is 0 Å². The Balaban J connectivity index is 1.94. The highest BCUT2D eigenvalue weighted by Gasteiger charge is 2.43. The number of nitrogens with one attached hydrogen (secondary N) is 1. The lowest BCUT2D eigenvalue weighted by molar-refractivity contribution is 0.271. The molecule has 0 aliphatic heterocycles. The van der Waals surface area contributed by atoms with Gasteiger partial charge in [-0.15, -0.1) is 0 Å². The minimum absolute atomic E-state index is 0.390. The predicted molar refractivity (Wildman–Crippen MR) is 80.8 cm³/mol. The molecule has 0 saturated heterocycles. The third-order valence-corrected chi connectivity index (χ3v) is 3.75. The Morgan fingerprint density at radius 2 is 1.74 bits per heavy atom. The Labute approximate surface area is 117 Å². The van der Waals surface area contributed by atoms with Crippen LogP contribution in [0.25, 0.3) is 0 Å². The molecule has 1 saturated carbocycles. The van der Waals surface area contributed by atoms with Crippen molar-refractivity contribution in [2.24, 2.45) is 5.92 Å². The summed E-state index contributed by atoms with van der Waals surface area (Å²) in [7, 11) is 0. The Kier molecular flexibility index (Phi) is 4.51. The molecule has 2 nitrogen and oxygen atoms in total. The summed E-state index contributed by atoms with van der Waals surface area (Å²) in [5.41, 5.74) is 1.85. The van der Waals surface area contributed by atoms with Gasteiger partial charge in [-0.1, -0.05) is 39.8 Å². The van der Waals surface area contributed by atoms with Crippen LogP contribution in [0.5, 0.6) is 5.75 Å². The quantitative estimate of drug-likeness (QED) is 0.807. The lowest BCUT2D eigenvalue weighted by atomic mass is 9.95. The zero-order valence-corrected chi connectivity index (χ0v) is 12.7. The van der Waals surface area contributed by atoms with E-state index in [1.165, 1.54) is 18.4 Å². The van der Waals surface area contributed by atoms with Gasteiger partial charge in [0, 0.05) is 18.0 Å². The second-order valence-corrected chi connectivity index (χ2v) is 6.55. The lowest BCUT2D eigenvalue weighted by Gasteiger charge is -2.19. The largest absolute Gasteiger partial charge is 0.493 e. The summed E-state index contributed by atoms with van der Waals surface area (Å²) in [5, 5.41) is 3.57. The Morgan fingerprint density at radius 1 is 1.11 bits per heavy atom. The number of ether oxygens (including phenoxy) is 1. The zero-order chi connectivity index (χ0) is 13.9. The van der Waals surface area contributed by atoms with Crippen LogP contribution in [-0.2, 0) is 5.41 Å². The van der Waals surface area contributed by atoms with Crippen molar-refractivity contribution in [2.75, 3.05) is 13.2 Å². The monoisotopic (exact) mass is 261 g/mol. The van der Waals surface area contributed by atoms with Gasteiger partial charge in [0.1, 0.15) is 5.75 Å². The first-order valence-electron chi connectivity index (χ1n) is 7.48. The van der Waals surface area contributed by atoms with Crippen LogP contribution in [0.3, 0.4) is 0 Å². The molecule has 1 aliphatic carbocycles. The zero-order valence-electron chi connectivity index (χ0n) is 12.7. The first kappa shape index (κ1) is 14.4. The molecular formula is C17H27NO. The minimum atomic E-state index is 0.390. The first-order valence-corrected chi connectivity index (χ1v) is 7.48. The Bertz CT molecular complexity index is 390. The maximum atomic E-state index is 5.74. The molecular weight excluding hydrogens is 234 g/mol. The predicted octanol–water partition coefficient (Wildman–Crippen LogP) is 3.75. The van der Waals surface area contributed by atoms with Crippen molar-refractivity contribution in [3.05, 3.63) is 29.8 Å². The molecule has 0 spiro atoms. The van der Waals surface area contributed by atoms with Crippen LogP contribution in [-0.4, -0.2) is 19.2 Å². The molecule has 1 N–H and O–H groups in total. The summed E-state index contributed by atoms with van der Waals surface area (Å²) in [5.74, 6) is 1.56. The van der Waals surface area contributed by atoms with E-state index in [0.29, 0.717) is 17.4 Å². The maximum Gasteiger partial charge on any atom is 0.119 e. The maximum absolute atomic E-state index is 5.74. The second kappa shape index (κ2) is 5.96. The number of rotatable bonds is 7. The fraction of sp³-hybridized carbons (Fsp3) is 0.647. The lowest BCUT2D eigenvalue weighted by Crippen LogP contribution is -2.31. The van der Waals surface area contributed by atoms with Crippen LogP contribution in [0.2, 0.25) is 0 Å². The molecule has 2 rings (SSSR count). The summed E-state index contributed by atoms with van der Waals surface area (Å²) >= 11 is 0. The van der Waals surface area contributed by atoms with E-state index in [0.717, 1.165) is 18.9 Å². The summed E-state index contributed by atoms with van der Waals surface area (Å²) in [6.45, 7) is 10.6. The molecule has 1 aromatic carbocycles.